The monoisotopic (exact) mass is 551 g/mol. The van der Waals surface area contributed by atoms with Gasteiger partial charge in [-0.15, -0.1) is 0 Å². The SMILES string of the molecule is CC(c1ccc(-c2ccccc2)cc1)c1ccc(-c2ccc(N(c3ccccc3)c3cccc4ccccc34)cc2)cc1. The molecule has 7 rings (SSSR count). The molecule has 0 N–H and O–H groups in total. The second kappa shape index (κ2) is 11.8. The average molecular weight is 552 g/mol. The Morgan fingerprint density at radius 3 is 1.42 bits per heavy atom. The zero-order valence-corrected chi connectivity index (χ0v) is 24.3. The maximum Gasteiger partial charge on any atom is 0.0540 e. The lowest BCUT2D eigenvalue weighted by Gasteiger charge is -2.27. The van der Waals surface area contributed by atoms with E-state index in [9.17, 15) is 0 Å². The molecule has 0 radical (unpaired) electrons. The highest BCUT2D eigenvalue weighted by Gasteiger charge is 2.15. The summed E-state index contributed by atoms with van der Waals surface area (Å²) < 4.78 is 0. The number of benzene rings is 7. The molecule has 0 aliphatic rings. The van der Waals surface area contributed by atoms with Gasteiger partial charge in [0.25, 0.3) is 0 Å². The molecular formula is C42H33N. The van der Waals surface area contributed by atoms with Gasteiger partial charge in [-0.25, -0.2) is 0 Å². The van der Waals surface area contributed by atoms with E-state index in [0.29, 0.717) is 5.92 Å². The second-order valence-electron chi connectivity index (χ2n) is 11.0. The summed E-state index contributed by atoms with van der Waals surface area (Å²) in [7, 11) is 0. The number of para-hydroxylation sites is 1. The first-order valence-corrected chi connectivity index (χ1v) is 14.9. The normalized spacial score (nSPS) is 11.7. The van der Waals surface area contributed by atoms with Crippen molar-refractivity contribution in [2.45, 2.75) is 12.8 Å². The summed E-state index contributed by atoms with van der Waals surface area (Å²) in [5, 5.41) is 2.47. The van der Waals surface area contributed by atoms with Gasteiger partial charge in [0, 0.05) is 22.7 Å². The molecule has 0 saturated carbocycles. The number of hydrogen-bond donors (Lipinski definition) is 0. The smallest absolute Gasteiger partial charge is 0.0540 e. The van der Waals surface area contributed by atoms with E-state index in [1.54, 1.807) is 0 Å². The van der Waals surface area contributed by atoms with Crippen molar-refractivity contribution in [3.05, 3.63) is 187 Å². The molecule has 1 heteroatoms. The Bertz CT molecular complexity index is 1930. The molecule has 0 aliphatic carbocycles. The van der Waals surface area contributed by atoms with Gasteiger partial charge in [0.05, 0.1) is 5.69 Å². The first kappa shape index (κ1) is 26.5. The highest BCUT2D eigenvalue weighted by molar-refractivity contribution is 5.98. The van der Waals surface area contributed by atoms with E-state index in [1.807, 2.05) is 0 Å². The van der Waals surface area contributed by atoms with Crippen molar-refractivity contribution in [2.24, 2.45) is 0 Å². The van der Waals surface area contributed by atoms with Crippen LogP contribution >= 0.6 is 0 Å². The van der Waals surface area contributed by atoms with E-state index >= 15 is 0 Å². The molecule has 0 bridgehead atoms. The molecule has 43 heavy (non-hydrogen) atoms. The van der Waals surface area contributed by atoms with Gasteiger partial charge in [-0.05, 0) is 69.1 Å². The maximum atomic E-state index is 2.35. The molecule has 0 heterocycles. The Kier molecular flexibility index (Phi) is 7.29. The maximum absolute atomic E-state index is 2.35. The van der Waals surface area contributed by atoms with Crippen molar-refractivity contribution in [3.8, 4) is 22.3 Å². The van der Waals surface area contributed by atoms with Gasteiger partial charge in [0.1, 0.15) is 0 Å². The fourth-order valence-corrected chi connectivity index (χ4v) is 5.96. The van der Waals surface area contributed by atoms with Crippen LogP contribution in [0.5, 0.6) is 0 Å². The number of hydrogen-bond acceptors (Lipinski definition) is 1. The summed E-state index contributed by atoms with van der Waals surface area (Å²) in [5.41, 5.74) is 11.0. The first-order valence-electron chi connectivity index (χ1n) is 14.9. The van der Waals surface area contributed by atoms with Crippen molar-refractivity contribution in [3.63, 3.8) is 0 Å². The van der Waals surface area contributed by atoms with E-state index in [2.05, 4.69) is 188 Å². The number of anilines is 3. The van der Waals surface area contributed by atoms with Gasteiger partial charge in [0.15, 0.2) is 0 Å². The van der Waals surface area contributed by atoms with Crippen LogP contribution in [-0.2, 0) is 0 Å². The van der Waals surface area contributed by atoms with Gasteiger partial charge in [-0.3, -0.25) is 0 Å². The van der Waals surface area contributed by atoms with Crippen LogP contribution in [0, 0.1) is 0 Å². The highest BCUT2D eigenvalue weighted by atomic mass is 15.1. The molecule has 0 aromatic heterocycles. The van der Waals surface area contributed by atoms with E-state index in [4.69, 9.17) is 0 Å². The fourth-order valence-electron chi connectivity index (χ4n) is 5.96. The van der Waals surface area contributed by atoms with E-state index in [1.165, 1.54) is 49.8 Å². The van der Waals surface area contributed by atoms with Gasteiger partial charge < -0.3 is 4.90 Å². The van der Waals surface area contributed by atoms with Gasteiger partial charge in [-0.1, -0.05) is 153 Å². The third kappa shape index (κ3) is 5.46. The minimum Gasteiger partial charge on any atom is -0.310 e. The molecule has 0 aliphatic heterocycles. The number of nitrogens with zero attached hydrogens (tertiary/aromatic N) is 1. The van der Waals surface area contributed by atoms with E-state index < -0.39 is 0 Å². The van der Waals surface area contributed by atoms with Crippen molar-refractivity contribution >= 4 is 27.8 Å². The summed E-state index contributed by atoms with van der Waals surface area (Å²) in [6, 6.07) is 63.2. The average Bonchev–Trinajstić information content (AvgIpc) is 3.09. The molecule has 7 aromatic rings. The molecule has 1 unspecified atom stereocenters. The summed E-state index contributed by atoms with van der Waals surface area (Å²) in [6.07, 6.45) is 0. The first-order chi connectivity index (χ1) is 21.2. The largest absolute Gasteiger partial charge is 0.310 e. The molecule has 1 nitrogen and oxygen atoms in total. The van der Waals surface area contributed by atoms with Gasteiger partial charge >= 0.3 is 0 Å². The van der Waals surface area contributed by atoms with Crippen LogP contribution in [0.2, 0.25) is 0 Å². The Balaban J connectivity index is 1.14. The summed E-state index contributed by atoms with van der Waals surface area (Å²) in [4.78, 5) is 2.35. The Labute approximate surface area is 254 Å². The topological polar surface area (TPSA) is 3.24 Å². The zero-order valence-electron chi connectivity index (χ0n) is 24.3. The molecule has 0 fully saturated rings. The van der Waals surface area contributed by atoms with Crippen molar-refractivity contribution in [2.75, 3.05) is 4.90 Å². The Hall–Kier alpha value is -5.40. The lowest BCUT2D eigenvalue weighted by atomic mass is 9.90. The zero-order chi connectivity index (χ0) is 29.0. The van der Waals surface area contributed by atoms with Crippen LogP contribution < -0.4 is 4.90 Å². The van der Waals surface area contributed by atoms with Crippen LogP contribution in [0.3, 0.4) is 0 Å². The van der Waals surface area contributed by atoms with Crippen LogP contribution in [0.4, 0.5) is 17.1 Å². The number of rotatable bonds is 7. The number of fused-ring (bicyclic) bond motifs is 1. The van der Waals surface area contributed by atoms with Crippen molar-refractivity contribution in [1.82, 2.24) is 0 Å². The van der Waals surface area contributed by atoms with Gasteiger partial charge in [-0.2, -0.15) is 0 Å². The lowest BCUT2D eigenvalue weighted by Crippen LogP contribution is -2.10. The standard InChI is InChI=1S/C42H33N/c1-31(32-19-23-35(24-20-32)34-11-4-2-5-12-34)33-21-25-36(26-22-33)37-27-29-40(30-28-37)43(39-15-6-3-7-16-39)42-18-10-14-38-13-8-9-17-41(38)42/h2-31H,1H3. The predicted molar refractivity (Wildman–Crippen MR) is 183 cm³/mol. The molecule has 206 valence electrons. The van der Waals surface area contributed by atoms with E-state index in [-0.39, 0.29) is 0 Å². The summed E-state index contributed by atoms with van der Waals surface area (Å²) in [5.74, 6) is 0.321. The quantitative estimate of drug-likeness (QED) is 0.190. The molecule has 1 atom stereocenters. The van der Waals surface area contributed by atoms with Gasteiger partial charge in [0.2, 0.25) is 0 Å². The summed E-state index contributed by atoms with van der Waals surface area (Å²) >= 11 is 0. The van der Waals surface area contributed by atoms with E-state index in [0.717, 1.165) is 11.4 Å². The minimum atomic E-state index is 0.321. The molecule has 0 amide bonds. The van der Waals surface area contributed by atoms with Crippen LogP contribution in [0.15, 0.2) is 176 Å². The van der Waals surface area contributed by atoms with Crippen LogP contribution in [0.25, 0.3) is 33.0 Å². The lowest BCUT2D eigenvalue weighted by molar-refractivity contribution is 0.923. The Morgan fingerprint density at radius 2 is 0.814 bits per heavy atom. The predicted octanol–water partition coefficient (Wildman–Crippen LogP) is 11.8. The summed E-state index contributed by atoms with van der Waals surface area (Å²) in [6.45, 7) is 2.28. The molecule has 0 saturated heterocycles. The Morgan fingerprint density at radius 1 is 0.372 bits per heavy atom. The fraction of sp³-hybridized carbons (Fsp3) is 0.0476. The van der Waals surface area contributed by atoms with Crippen molar-refractivity contribution < 1.29 is 0 Å². The van der Waals surface area contributed by atoms with Crippen molar-refractivity contribution in [1.29, 1.82) is 0 Å². The highest BCUT2D eigenvalue weighted by Crippen LogP contribution is 2.39. The van der Waals surface area contributed by atoms with Crippen LogP contribution in [-0.4, -0.2) is 0 Å². The second-order valence-corrected chi connectivity index (χ2v) is 11.0. The molecular weight excluding hydrogens is 518 g/mol. The molecule has 7 aromatic carbocycles. The minimum absolute atomic E-state index is 0.321. The third-order valence-corrected chi connectivity index (χ3v) is 8.41. The van der Waals surface area contributed by atoms with Crippen LogP contribution in [0.1, 0.15) is 24.0 Å². The molecule has 0 spiro atoms. The third-order valence-electron chi connectivity index (χ3n) is 8.41.